The minimum absolute atomic E-state index is 0.166. The molecular weight excluding hydrogens is 468 g/mol. The first-order chi connectivity index (χ1) is 14.3. The number of ether oxygens (including phenoxy) is 1. The van der Waals surface area contributed by atoms with E-state index in [2.05, 4.69) is 21.2 Å². The van der Waals surface area contributed by atoms with Crippen molar-refractivity contribution >= 4 is 39.3 Å². The van der Waals surface area contributed by atoms with E-state index in [0.717, 1.165) is 21.2 Å². The number of carbonyl (C=O) groups is 2. The molecule has 0 fully saturated rings. The molecule has 162 valence electrons. The molecule has 1 atom stereocenters. The van der Waals surface area contributed by atoms with Crippen LogP contribution in [0.3, 0.4) is 0 Å². The number of carbonyl (C=O) groups excluding carboxylic acids is 2. The smallest absolute Gasteiger partial charge is 0.261 e. The van der Waals surface area contributed by atoms with Crippen molar-refractivity contribution in [1.82, 2.24) is 10.2 Å². The van der Waals surface area contributed by atoms with Crippen molar-refractivity contribution in [3.8, 4) is 5.75 Å². The molecule has 0 bridgehead atoms. The largest absolute Gasteiger partial charge is 0.484 e. The fraction of sp³-hybridized carbons (Fsp3) is 0.391. The molecule has 1 N–H and O–H groups in total. The van der Waals surface area contributed by atoms with Gasteiger partial charge in [-0.3, -0.25) is 9.59 Å². The molecule has 0 aliphatic heterocycles. The van der Waals surface area contributed by atoms with Gasteiger partial charge in [-0.15, -0.1) is 0 Å². The summed E-state index contributed by atoms with van der Waals surface area (Å²) in [5, 5.41) is 3.37. The Morgan fingerprint density at radius 3 is 2.37 bits per heavy atom. The quantitative estimate of drug-likeness (QED) is 0.530. The molecule has 7 heteroatoms. The highest BCUT2D eigenvalue weighted by Gasteiger charge is 2.29. The maximum absolute atomic E-state index is 13.1. The first-order valence-electron chi connectivity index (χ1n) is 9.98. The first-order valence-corrected chi connectivity index (χ1v) is 11.2. The molecule has 0 aromatic heterocycles. The molecule has 0 saturated carbocycles. The van der Waals surface area contributed by atoms with E-state index >= 15 is 0 Å². The van der Waals surface area contributed by atoms with E-state index < -0.39 is 6.04 Å². The minimum atomic E-state index is -0.606. The number of amides is 2. The maximum atomic E-state index is 13.1. The fourth-order valence-corrected chi connectivity index (χ4v) is 3.66. The Hall–Kier alpha value is -2.05. The van der Waals surface area contributed by atoms with Crippen LogP contribution in [0.15, 0.2) is 40.9 Å². The summed E-state index contributed by atoms with van der Waals surface area (Å²) in [5.74, 6) is 0.160. The molecule has 30 heavy (non-hydrogen) atoms. The normalized spacial score (nSPS) is 11.7. The summed E-state index contributed by atoms with van der Waals surface area (Å²) in [5.41, 5.74) is 2.84. The van der Waals surface area contributed by atoms with E-state index in [9.17, 15) is 9.59 Å². The predicted molar refractivity (Wildman–Crippen MR) is 124 cm³/mol. The monoisotopic (exact) mass is 494 g/mol. The van der Waals surface area contributed by atoms with Gasteiger partial charge in [0.2, 0.25) is 5.91 Å². The Morgan fingerprint density at radius 2 is 1.80 bits per heavy atom. The van der Waals surface area contributed by atoms with Crippen molar-refractivity contribution in [2.75, 3.05) is 13.2 Å². The molecule has 0 aliphatic carbocycles. The lowest BCUT2D eigenvalue weighted by atomic mass is 10.1. The van der Waals surface area contributed by atoms with Crippen molar-refractivity contribution in [3.63, 3.8) is 0 Å². The number of aryl methyl sites for hydroxylation is 2. The number of hydrogen-bond donors (Lipinski definition) is 1. The zero-order valence-corrected chi connectivity index (χ0v) is 20.1. The average Bonchev–Trinajstić information content (AvgIpc) is 2.71. The molecule has 0 spiro atoms. The Morgan fingerprint density at radius 1 is 1.17 bits per heavy atom. The third-order valence-corrected chi connectivity index (χ3v) is 6.43. The second kappa shape index (κ2) is 11.4. The van der Waals surface area contributed by atoms with Crippen LogP contribution in [0.5, 0.6) is 5.75 Å². The van der Waals surface area contributed by atoms with E-state index in [1.807, 2.05) is 58.0 Å². The number of halogens is 2. The van der Waals surface area contributed by atoms with Gasteiger partial charge in [0.05, 0.1) is 0 Å². The van der Waals surface area contributed by atoms with Gasteiger partial charge in [-0.05, 0) is 62.1 Å². The van der Waals surface area contributed by atoms with Gasteiger partial charge in [-0.2, -0.15) is 0 Å². The summed E-state index contributed by atoms with van der Waals surface area (Å²) in [7, 11) is 0. The van der Waals surface area contributed by atoms with Crippen molar-refractivity contribution in [2.24, 2.45) is 0 Å². The summed E-state index contributed by atoms with van der Waals surface area (Å²) >= 11 is 9.84. The van der Waals surface area contributed by atoms with Gasteiger partial charge in [-0.25, -0.2) is 0 Å². The van der Waals surface area contributed by atoms with Crippen LogP contribution in [-0.4, -0.2) is 35.9 Å². The van der Waals surface area contributed by atoms with Crippen molar-refractivity contribution in [2.45, 2.75) is 46.7 Å². The molecule has 5 nitrogen and oxygen atoms in total. The lowest BCUT2D eigenvalue weighted by Crippen LogP contribution is -2.50. The SMILES string of the molecule is CCNC(=O)[C@H](CC)N(Cc1ccccc1Cl)C(=O)COc1cc(C)c(Br)c(C)c1. The highest BCUT2D eigenvalue weighted by molar-refractivity contribution is 9.10. The highest BCUT2D eigenvalue weighted by atomic mass is 79.9. The van der Waals surface area contributed by atoms with Crippen LogP contribution in [-0.2, 0) is 16.1 Å². The van der Waals surface area contributed by atoms with E-state index in [1.165, 1.54) is 0 Å². The minimum Gasteiger partial charge on any atom is -0.484 e. The van der Waals surface area contributed by atoms with Crippen LogP contribution >= 0.6 is 27.5 Å². The van der Waals surface area contributed by atoms with E-state index in [0.29, 0.717) is 23.7 Å². The van der Waals surface area contributed by atoms with Gasteiger partial charge in [0, 0.05) is 22.6 Å². The molecule has 0 saturated heterocycles. The van der Waals surface area contributed by atoms with E-state index in [-0.39, 0.29) is 25.0 Å². The lowest BCUT2D eigenvalue weighted by Gasteiger charge is -2.30. The van der Waals surface area contributed by atoms with Crippen molar-refractivity contribution in [1.29, 1.82) is 0 Å². The first kappa shape index (κ1) is 24.2. The molecule has 2 amide bonds. The Balaban J connectivity index is 2.24. The zero-order chi connectivity index (χ0) is 22.3. The van der Waals surface area contributed by atoms with Crippen molar-refractivity contribution in [3.05, 3.63) is 62.6 Å². The number of likely N-dealkylation sites (N-methyl/N-ethyl adjacent to an activating group) is 1. The molecule has 0 unspecified atom stereocenters. The van der Waals surface area contributed by atoms with Crippen LogP contribution in [0, 0.1) is 13.8 Å². The molecule has 0 heterocycles. The van der Waals surface area contributed by atoms with Gasteiger partial charge < -0.3 is 15.0 Å². The summed E-state index contributed by atoms with van der Waals surface area (Å²) in [6.07, 6.45) is 0.485. The lowest BCUT2D eigenvalue weighted by molar-refractivity contribution is -0.142. The van der Waals surface area contributed by atoms with Crippen molar-refractivity contribution < 1.29 is 14.3 Å². The van der Waals surface area contributed by atoms with Gasteiger partial charge in [0.25, 0.3) is 5.91 Å². The Kier molecular flexibility index (Phi) is 9.18. The van der Waals surface area contributed by atoms with Crippen LogP contribution < -0.4 is 10.1 Å². The second-order valence-corrected chi connectivity index (χ2v) is 8.29. The molecule has 2 aromatic carbocycles. The number of hydrogen-bond acceptors (Lipinski definition) is 3. The maximum Gasteiger partial charge on any atom is 0.261 e. The standard InChI is InChI=1S/C23H28BrClN2O3/c1-5-20(23(29)26-6-2)27(13-17-9-7-8-10-19(17)25)21(28)14-30-18-11-15(3)22(24)16(4)12-18/h7-12,20H,5-6,13-14H2,1-4H3,(H,26,29)/t20-/m0/s1. The van der Waals surface area contributed by atoms with E-state index in [1.54, 1.807) is 11.0 Å². The molecular formula is C23H28BrClN2O3. The fourth-order valence-electron chi connectivity index (χ4n) is 3.24. The highest BCUT2D eigenvalue weighted by Crippen LogP contribution is 2.26. The molecule has 0 aliphatic rings. The van der Waals surface area contributed by atoms with Crippen LogP contribution in [0.2, 0.25) is 5.02 Å². The van der Waals surface area contributed by atoms with Gasteiger partial charge in [0.15, 0.2) is 6.61 Å². The third kappa shape index (κ3) is 6.22. The van der Waals surface area contributed by atoms with Gasteiger partial charge in [-0.1, -0.05) is 52.7 Å². The van der Waals surface area contributed by atoms with Crippen LogP contribution in [0.4, 0.5) is 0 Å². The van der Waals surface area contributed by atoms with Crippen LogP contribution in [0.25, 0.3) is 0 Å². The van der Waals surface area contributed by atoms with Gasteiger partial charge >= 0.3 is 0 Å². The summed E-state index contributed by atoms with van der Waals surface area (Å²) in [6, 6.07) is 10.5. The molecule has 0 radical (unpaired) electrons. The summed E-state index contributed by atoms with van der Waals surface area (Å²) in [4.78, 5) is 27.3. The number of rotatable bonds is 9. The second-order valence-electron chi connectivity index (χ2n) is 7.09. The van der Waals surface area contributed by atoms with Crippen LogP contribution in [0.1, 0.15) is 37.0 Å². The van der Waals surface area contributed by atoms with Gasteiger partial charge in [0.1, 0.15) is 11.8 Å². The Labute approximate surface area is 191 Å². The predicted octanol–water partition coefficient (Wildman–Crippen LogP) is 5.04. The average molecular weight is 496 g/mol. The number of nitrogens with zero attached hydrogens (tertiary/aromatic N) is 1. The number of nitrogens with one attached hydrogen (secondary N) is 1. The van der Waals surface area contributed by atoms with E-state index in [4.69, 9.17) is 16.3 Å². The Bertz CT molecular complexity index is 881. The third-order valence-electron chi connectivity index (χ3n) is 4.81. The summed E-state index contributed by atoms with van der Waals surface area (Å²) in [6.45, 7) is 8.24. The zero-order valence-electron chi connectivity index (χ0n) is 17.8. The topological polar surface area (TPSA) is 58.6 Å². The molecule has 2 aromatic rings. The molecule has 2 rings (SSSR count). The number of benzene rings is 2. The summed E-state index contributed by atoms with van der Waals surface area (Å²) < 4.78 is 6.81.